The smallest absolute Gasteiger partial charge is 0.240 e. The number of rotatable bonds is 7. The van der Waals surface area contributed by atoms with Crippen LogP contribution in [0.4, 0.5) is 5.69 Å². The zero-order chi connectivity index (χ0) is 24.3. The fourth-order valence-electron chi connectivity index (χ4n) is 6.25. The van der Waals surface area contributed by atoms with Gasteiger partial charge < -0.3 is 4.90 Å². The van der Waals surface area contributed by atoms with Gasteiger partial charge >= 0.3 is 0 Å². The first kappa shape index (κ1) is 25.1. The van der Waals surface area contributed by atoms with Crippen molar-refractivity contribution in [2.24, 2.45) is 16.3 Å². The zero-order valence-electron chi connectivity index (χ0n) is 21.9. The molecule has 3 fully saturated rings. The Labute approximate surface area is 206 Å². The molecule has 1 unspecified atom stereocenters. The molecule has 186 valence electrons. The van der Waals surface area contributed by atoms with Crippen LogP contribution in [0.25, 0.3) is 0 Å². The van der Waals surface area contributed by atoms with Gasteiger partial charge in [0.25, 0.3) is 0 Å². The fraction of sp³-hybridized carbons (Fsp3) is 0.655. The second-order valence-electron chi connectivity index (χ2n) is 10.9. The Bertz CT molecular complexity index is 887. The van der Waals surface area contributed by atoms with E-state index >= 15 is 0 Å². The van der Waals surface area contributed by atoms with Gasteiger partial charge in [0, 0.05) is 31.9 Å². The Morgan fingerprint density at radius 1 is 1.06 bits per heavy atom. The molecule has 5 nitrogen and oxygen atoms in total. The number of allylic oxidation sites excluding steroid dienone is 1. The molecule has 3 aliphatic rings. The van der Waals surface area contributed by atoms with Gasteiger partial charge in [-0.05, 0) is 51.3 Å². The van der Waals surface area contributed by atoms with Gasteiger partial charge in [-0.15, -0.1) is 0 Å². The highest BCUT2D eigenvalue weighted by Crippen LogP contribution is 2.49. The molecule has 1 amide bonds. The van der Waals surface area contributed by atoms with E-state index in [-0.39, 0.29) is 17.4 Å². The minimum Gasteiger partial charge on any atom is -0.304 e. The maximum atomic E-state index is 14.4. The summed E-state index contributed by atoms with van der Waals surface area (Å²) in [6.45, 7) is 15.0. The molecule has 1 aromatic rings. The molecular formula is C29H44N4O. The molecule has 1 spiro atoms. The van der Waals surface area contributed by atoms with Crippen molar-refractivity contribution in [2.75, 3.05) is 38.1 Å². The van der Waals surface area contributed by atoms with Crippen LogP contribution in [-0.4, -0.2) is 60.8 Å². The molecule has 0 aromatic heterocycles. The average Bonchev–Trinajstić information content (AvgIpc) is 3.06. The lowest BCUT2D eigenvalue weighted by Crippen LogP contribution is -2.57. The number of amides is 1. The van der Waals surface area contributed by atoms with Crippen LogP contribution in [0.2, 0.25) is 0 Å². The number of piperazine rings is 1. The van der Waals surface area contributed by atoms with Crippen LogP contribution in [0.5, 0.6) is 0 Å². The third-order valence-electron chi connectivity index (χ3n) is 8.52. The number of amidine groups is 1. The number of hydrogen-bond acceptors (Lipinski definition) is 4. The third kappa shape index (κ3) is 4.87. The summed E-state index contributed by atoms with van der Waals surface area (Å²) >= 11 is 0. The summed E-state index contributed by atoms with van der Waals surface area (Å²) in [5.74, 6) is 1.78. The molecule has 1 aliphatic carbocycles. The van der Waals surface area contributed by atoms with Gasteiger partial charge in [-0.3, -0.25) is 14.6 Å². The van der Waals surface area contributed by atoms with E-state index < -0.39 is 0 Å². The van der Waals surface area contributed by atoms with Gasteiger partial charge in [0.2, 0.25) is 5.91 Å². The molecule has 0 radical (unpaired) electrons. The molecule has 5 heteroatoms. The SMILES string of the molecule is C=C(CC(CC)CC)N=C1C(N2CCN(C)CC2)C2(CCCCC2)C(=O)N1c1ccc(C)cc1. The van der Waals surface area contributed by atoms with Crippen molar-refractivity contribution in [3.05, 3.63) is 42.1 Å². The Hall–Kier alpha value is -1.98. The summed E-state index contributed by atoms with van der Waals surface area (Å²) < 4.78 is 0. The molecule has 4 rings (SSSR count). The number of nitrogens with zero attached hydrogens (tertiary/aromatic N) is 4. The molecule has 2 heterocycles. The van der Waals surface area contributed by atoms with E-state index in [9.17, 15) is 4.79 Å². The second kappa shape index (κ2) is 10.7. The van der Waals surface area contributed by atoms with Crippen molar-refractivity contribution in [3.63, 3.8) is 0 Å². The number of aliphatic imine (C=N–C) groups is 1. The van der Waals surface area contributed by atoms with Gasteiger partial charge in [-0.1, -0.05) is 70.2 Å². The normalized spacial score (nSPS) is 25.1. The van der Waals surface area contributed by atoms with Crippen LogP contribution < -0.4 is 4.90 Å². The monoisotopic (exact) mass is 464 g/mol. The molecular weight excluding hydrogens is 420 g/mol. The molecule has 0 bridgehead atoms. The quantitative estimate of drug-likeness (QED) is 0.524. The average molecular weight is 465 g/mol. The van der Waals surface area contributed by atoms with E-state index in [1.165, 1.54) is 12.0 Å². The maximum Gasteiger partial charge on any atom is 0.240 e. The van der Waals surface area contributed by atoms with Gasteiger partial charge in [0.15, 0.2) is 0 Å². The van der Waals surface area contributed by atoms with Crippen LogP contribution in [0.3, 0.4) is 0 Å². The summed E-state index contributed by atoms with van der Waals surface area (Å²) in [5, 5.41) is 0. The first-order valence-electron chi connectivity index (χ1n) is 13.5. The predicted octanol–water partition coefficient (Wildman–Crippen LogP) is 5.65. The van der Waals surface area contributed by atoms with Crippen LogP contribution >= 0.6 is 0 Å². The highest BCUT2D eigenvalue weighted by molar-refractivity contribution is 6.27. The molecule has 2 aliphatic heterocycles. The van der Waals surface area contributed by atoms with Crippen LogP contribution in [0.15, 0.2) is 41.5 Å². The highest BCUT2D eigenvalue weighted by Gasteiger charge is 2.60. The van der Waals surface area contributed by atoms with Gasteiger partial charge in [-0.25, -0.2) is 4.99 Å². The van der Waals surface area contributed by atoms with E-state index in [2.05, 4.69) is 68.5 Å². The van der Waals surface area contributed by atoms with E-state index in [0.717, 1.165) is 88.3 Å². The van der Waals surface area contributed by atoms with Crippen molar-refractivity contribution < 1.29 is 4.79 Å². The van der Waals surface area contributed by atoms with E-state index in [4.69, 9.17) is 4.99 Å². The van der Waals surface area contributed by atoms with Crippen LogP contribution in [-0.2, 0) is 4.79 Å². The van der Waals surface area contributed by atoms with Crippen molar-refractivity contribution in [3.8, 4) is 0 Å². The number of benzene rings is 1. The molecule has 1 atom stereocenters. The summed E-state index contributed by atoms with van der Waals surface area (Å²) in [5.41, 5.74) is 2.70. The van der Waals surface area contributed by atoms with Gasteiger partial charge in [0.05, 0.1) is 17.1 Å². The number of likely N-dealkylation sites (N-methyl/N-ethyl adjacent to an activating group) is 1. The van der Waals surface area contributed by atoms with Crippen molar-refractivity contribution in [1.29, 1.82) is 0 Å². The molecule has 1 saturated carbocycles. The number of aryl methyl sites for hydroxylation is 1. The number of carbonyl (C=O) groups excluding carboxylic acids is 1. The Kier molecular flexibility index (Phi) is 7.94. The van der Waals surface area contributed by atoms with Gasteiger partial charge in [0.1, 0.15) is 5.84 Å². The fourth-order valence-corrected chi connectivity index (χ4v) is 6.25. The lowest BCUT2D eigenvalue weighted by molar-refractivity contribution is -0.130. The Morgan fingerprint density at radius 2 is 1.68 bits per heavy atom. The Morgan fingerprint density at radius 3 is 2.26 bits per heavy atom. The standard InChI is InChI=1S/C29H44N4O/c1-6-24(7-2)21-23(4)30-27-26(32-19-17-31(5)18-20-32)29(15-9-8-10-16-29)28(34)33(27)25-13-11-22(3)12-14-25/h11-14,24,26H,4,6-10,15-21H2,1-3,5H3. The number of hydrogen-bond donors (Lipinski definition) is 0. The topological polar surface area (TPSA) is 39.1 Å². The highest BCUT2D eigenvalue weighted by atomic mass is 16.2. The molecule has 0 N–H and O–H groups in total. The van der Waals surface area contributed by atoms with E-state index in [1.807, 2.05) is 4.90 Å². The molecule has 1 aromatic carbocycles. The van der Waals surface area contributed by atoms with Gasteiger partial charge in [-0.2, -0.15) is 0 Å². The minimum atomic E-state index is -0.368. The summed E-state index contributed by atoms with van der Waals surface area (Å²) in [6, 6.07) is 8.44. The first-order chi connectivity index (χ1) is 16.4. The van der Waals surface area contributed by atoms with Crippen LogP contribution in [0.1, 0.15) is 70.8 Å². The summed E-state index contributed by atoms with van der Waals surface area (Å²) in [6.07, 6.45) is 8.56. The molecule has 34 heavy (non-hydrogen) atoms. The van der Waals surface area contributed by atoms with E-state index in [1.54, 1.807) is 0 Å². The minimum absolute atomic E-state index is 0.0359. The number of anilines is 1. The second-order valence-corrected chi connectivity index (χ2v) is 10.9. The maximum absolute atomic E-state index is 14.4. The van der Waals surface area contributed by atoms with E-state index in [0.29, 0.717) is 5.92 Å². The lowest BCUT2D eigenvalue weighted by atomic mass is 9.69. The zero-order valence-corrected chi connectivity index (χ0v) is 21.9. The largest absolute Gasteiger partial charge is 0.304 e. The van der Waals surface area contributed by atoms with Crippen molar-refractivity contribution in [2.45, 2.75) is 78.2 Å². The van der Waals surface area contributed by atoms with Crippen molar-refractivity contribution in [1.82, 2.24) is 9.80 Å². The third-order valence-corrected chi connectivity index (χ3v) is 8.52. The lowest BCUT2D eigenvalue weighted by Gasteiger charge is -2.44. The summed E-state index contributed by atoms with van der Waals surface area (Å²) in [7, 11) is 2.19. The first-order valence-corrected chi connectivity index (χ1v) is 13.5. The predicted molar refractivity (Wildman–Crippen MR) is 142 cm³/mol. The Balaban J connectivity index is 1.80. The van der Waals surface area contributed by atoms with Crippen molar-refractivity contribution >= 4 is 17.4 Å². The molecule has 2 saturated heterocycles. The summed E-state index contributed by atoms with van der Waals surface area (Å²) in [4.78, 5) is 26.6. The van der Waals surface area contributed by atoms with Crippen LogP contribution in [0, 0.1) is 18.3 Å². The number of carbonyl (C=O) groups is 1.